The molecule has 4 heteroatoms. The second kappa shape index (κ2) is 3.46. The number of carboxylic acids is 1. The van der Waals surface area contributed by atoms with Crippen LogP contribution in [0.2, 0.25) is 0 Å². The summed E-state index contributed by atoms with van der Waals surface area (Å²) in [6, 6.07) is 0. The minimum Gasteiger partial charge on any atom is -0.481 e. The van der Waals surface area contributed by atoms with Crippen LogP contribution in [0.25, 0.3) is 0 Å². The van der Waals surface area contributed by atoms with Crippen molar-refractivity contribution < 1.29 is 19.7 Å². The quantitative estimate of drug-likeness (QED) is 0.742. The number of ether oxygens (including phenoxy) is 1. The lowest BCUT2D eigenvalue weighted by molar-refractivity contribution is -0.216. The van der Waals surface area contributed by atoms with Crippen molar-refractivity contribution in [3.8, 4) is 0 Å². The van der Waals surface area contributed by atoms with Gasteiger partial charge in [-0.1, -0.05) is 13.8 Å². The van der Waals surface area contributed by atoms with Gasteiger partial charge >= 0.3 is 5.97 Å². The standard InChI is InChI=1S/C11H20O4/c1-9(2)5-11(14,6-9)10(3,7-15-4)8(12)13/h14H,5-7H2,1-4H3,(H,12,13). The third-order valence-electron chi connectivity index (χ3n) is 3.47. The molecule has 0 aromatic carbocycles. The van der Waals surface area contributed by atoms with Crippen molar-refractivity contribution in [1.82, 2.24) is 0 Å². The summed E-state index contributed by atoms with van der Waals surface area (Å²) in [5.41, 5.74) is -2.32. The van der Waals surface area contributed by atoms with Crippen LogP contribution < -0.4 is 0 Å². The van der Waals surface area contributed by atoms with Crippen LogP contribution in [-0.2, 0) is 9.53 Å². The number of hydrogen-bond donors (Lipinski definition) is 2. The molecule has 0 aromatic heterocycles. The monoisotopic (exact) mass is 216 g/mol. The Morgan fingerprint density at radius 3 is 2.20 bits per heavy atom. The van der Waals surface area contributed by atoms with Gasteiger partial charge in [-0.15, -0.1) is 0 Å². The van der Waals surface area contributed by atoms with E-state index >= 15 is 0 Å². The van der Waals surface area contributed by atoms with Gasteiger partial charge in [0.1, 0.15) is 5.41 Å². The van der Waals surface area contributed by atoms with Gasteiger partial charge in [0.05, 0.1) is 12.2 Å². The smallest absolute Gasteiger partial charge is 0.314 e. The van der Waals surface area contributed by atoms with Crippen LogP contribution in [0.3, 0.4) is 0 Å². The van der Waals surface area contributed by atoms with E-state index in [4.69, 9.17) is 4.74 Å². The second-order valence-corrected chi connectivity index (χ2v) is 5.62. The van der Waals surface area contributed by atoms with E-state index in [1.54, 1.807) is 6.92 Å². The third kappa shape index (κ3) is 1.88. The first-order valence-electron chi connectivity index (χ1n) is 5.12. The molecule has 0 bridgehead atoms. The molecule has 2 N–H and O–H groups in total. The van der Waals surface area contributed by atoms with E-state index in [1.165, 1.54) is 7.11 Å². The Balaban J connectivity index is 2.88. The van der Waals surface area contributed by atoms with E-state index < -0.39 is 17.0 Å². The van der Waals surface area contributed by atoms with E-state index in [-0.39, 0.29) is 12.0 Å². The highest BCUT2D eigenvalue weighted by Crippen LogP contribution is 2.56. The molecule has 0 heterocycles. The van der Waals surface area contributed by atoms with Gasteiger partial charge in [0.15, 0.2) is 0 Å². The zero-order valence-electron chi connectivity index (χ0n) is 9.83. The highest BCUT2D eigenvalue weighted by molar-refractivity contribution is 5.76. The van der Waals surface area contributed by atoms with Crippen molar-refractivity contribution in [3.63, 3.8) is 0 Å². The Hall–Kier alpha value is -0.610. The fourth-order valence-electron chi connectivity index (χ4n) is 2.61. The molecular formula is C11H20O4. The van der Waals surface area contributed by atoms with Crippen LogP contribution in [-0.4, -0.2) is 35.5 Å². The Bertz CT molecular complexity index is 264. The van der Waals surface area contributed by atoms with E-state index in [2.05, 4.69) is 0 Å². The maximum absolute atomic E-state index is 11.2. The highest BCUT2D eigenvalue weighted by atomic mass is 16.5. The molecule has 1 atom stereocenters. The average Bonchev–Trinajstić information content (AvgIpc) is 2.00. The number of rotatable bonds is 4. The summed E-state index contributed by atoms with van der Waals surface area (Å²) in [7, 11) is 1.45. The SMILES string of the molecule is COCC(C)(C(=O)O)C1(O)CC(C)(C)C1. The van der Waals surface area contributed by atoms with Gasteiger partial charge in [0.2, 0.25) is 0 Å². The summed E-state index contributed by atoms with van der Waals surface area (Å²) in [5.74, 6) is -0.998. The lowest BCUT2D eigenvalue weighted by Crippen LogP contribution is -2.63. The molecule has 1 aliphatic carbocycles. The molecule has 1 aliphatic rings. The average molecular weight is 216 g/mol. The van der Waals surface area contributed by atoms with Crippen molar-refractivity contribution in [2.45, 2.75) is 39.2 Å². The Labute approximate surface area is 90.2 Å². The molecule has 0 spiro atoms. The van der Waals surface area contributed by atoms with E-state index in [1.807, 2.05) is 13.8 Å². The van der Waals surface area contributed by atoms with Crippen LogP contribution >= 0.6 is 0 Å². The molecule has 1 rings (SSSR count). The summed E-state index contributed by atoms with van der Waals surface area (Å²) in [4.78, 5) is 11.2. The van der Waals surface area contributed by atoms with Crippen LogP contribution in [0.15, 0.2) is 0 Å². The van der Waals surface area contributed by atoms with Crippen molar-refractivity contribution in [3.05, 3.63) is 0 Å². The zero-order chi connectivity index (χ0) is 11.9. The fourth-order valence-corrected chi connectivity index (χ4v) is 2.61. The van der Waals surface area contributed by atoms with Gasteiger partial charge in [-0.3, -0.25) is 4.79 Å². The van der Waals surface area contributed by atoms with Crippen LogP contribution in [0.1, 0.15) is 33.6 Å². The van der Waals surface area contributed by atoms with Crippen molar-refractivity contribution in [2.24, 2.45) is 10.8 Å². The third-order valence-corrected chi connectivity index (χ3v) is 3.47. The molecule has 0 saturated heterocycles. The Kier molecular flexibility index (Phi) is 2.87. The van der Waals surface area contributed by atoms with Crippen LogP contribution in [0.4, 0.5) is 0 Å². The predicted octanol–water partition coefficient (Wildman–Crippen LogP) is 1.27. The van der Waals surface area contributed by atoms with E-state index in [9.17, 15) is 15.0 Å². The van der Waals surface area contributed by atoms with Gasteiger partial charge < -0.3 is 14.9 Å². The maximum atomic E-state index is 11.2. The molecule has 1 fully saturated rings. The molecule has 0 radical (unpaired) electrons. The van der Waals surface area contributed by atoms with Crippen molar-refractivity contribution >= 4 is 5.97 Å². The van der Waals surface area contributed by atoms with E-state index in [0.717, 1.165) is 0 Å². The summed E-state index contributed by atoms with van der Waals surface area (Å²) in [5, 5.41) is 19.5. The first-order valence-corrected chi connectivity index (χ1v) is 5.12. The molecule has 88 valence electrons. The number of methoxy groups -OCH3 is 1. The molecule has 15 heavy (non-hydrogen) atoms. The summed E-state index contributed by atoms with van der Waals surface area (Å²) in [6.45, 7) is 5.63. The first-order chi connectivity index (χ1) is 6.67. The lowest BCUT2D eigenvalue weighted by atomic mass is 9.52. The first kappa shape index (κ1) is 12.5. The number of carboxylic acid groups (broad SMARTS) is 1. The number of aliphatic carboxylic acids is 1. The predicted molar refractivity (Wildman–Crippen MR) is 55.6 cm³/mol. The van der Waals surface area contributed by atoms with Crippen LogP contribution in [0.5, 0.6) is 0 Å². The number of carbonyl (C=O) groups is 1. The summed E-state index contributed by atoms with van der Waals surface area (Å²) >= 11 is 0. The maximum Gasteiger partial charge on any atom is 0.314 e. The lowest BCUT2D eigenvalue weighted by Gasteiger charge is -2.56. The van der Waals surface area contributed by atoms with Gasteiger partial charge in [0, 0.05) is 7.11 Å². The largest absolute Gasteiger partial charge is 0.481 e. The molecular weight excluding hydrogens is 196 g/mol. The highest BCUT2D eigenvalue weighted by Gasteiger charge is 2.62. The normalized spacial score (nSPS) is 26.5. The Morgan fingerprint density at radius 2 is 1.93 bits per heavy atom. The van der Waals surface area contributed by atoms with Gasteiger partial charge in [-0.25, -0.2) is 0 Å². The zero-order valence-corrected chi connectivity index (χ0v) is 9.83. The number of aliphatic hydroxyl groups is 1. The molecule has 0 amide bonds. The summed E-state index contributed by atoms with van der Waals surface area (Å²) < 4.78 is 4.92. The van der Waals surface area contributed by atoms with Gasteiger partial charge in [-0.2, -0.15) is 0 Å². The molecule has 4 nitrogen and oxygen atoms in total. The van der Waals surface area contributed by atoms with Crippen molar-refractivity contribution in [1.29, 1.82) is 0 Å². The topological polar surface area (TPSA) is 66.8 Å². The van der Waals surface area contributed by atoms with E-state index in [0.29, 0.717) is 12.8 Å². The second-order valence-electron chi connectivity index (χ2n) is 5.62. The fraction of sp³-hybridized carbons (Fsp3) is 0.909. The molecule has 1 saturated carbocycles. The van der Waals surface area contributed by atoms with Crippen LogP contribution in [0, 0.1) is 10.8 Å². The molecule has 0 aromatic rings. The minimum atomic E-state index is -1.21. The summed E-state index contributed by atoms with van der Waals surface area (Å²) in [6.07, 6.45) is 1.01. The molecule has 1 unspecified atom stereocenters. The minimum absolute atomic E-state index is 0.0270. The Morgan fingerprint density at radius 1 is 1.47 bits per heavy atom. The molecule has 0 aliphatic heterocycles. The number of hydrogen-bond acceptors (Lipinski definition) is 3. The van der Waals surface area contributed by atoms with Gasteiger partial charge in [-0.05, 0) is 25.2 Å². The van der Waals surface area contributed by atoms with Crippen molar-refractivity contribution in [2.75, 3.05) is 13.7 Å². The van der Waals surface area contributed by atoms with Gasteiger partial charge in [0.25, 0.3) is 0 Å².